The average molecular weight is 444 g/mol. The lowest BCUT2D eigenvalue weighted by atomic mass is 9.99. The molecular formula is C21H19ClFN5O3. The van der Waals surface area contributed by atoms with Gasteiger partial charge in [0.1, 0.15) is 5.82 Å². The Bertz CT molecular complexity index is 1240. The van der Waals surface area contributed by atoms with Crippen molar-refractivity contribution in [3.05, 3.63) is 63.1 Å². The molecule has 1 amide bonds. The Morgan fingerprint density at radius 3 is 2.65 bits per heavy atom. The van der Waals surface area contributed by atoms with Gasteiger partial charge in [0.15, 0.2) is 10.8 Å². The third kappa shape index (κ3) is 3.76. The molecule has 4 heterocycles. The molecule has 1 fully saturated rings. The topological polar surface area (TPSA) is 90.2 Å². The van der Waals surface area contributed by atoms with E-state index in [1.807, 2.05) is 6.92 Å². The lowest BCUT2D eigenvalue weighted by molar-refractivity contribution is -0.133. The highest BCUT2D eigenvalue weighted by molar-refractivity contribution is 6.31. The van der Waals surface area contributed by atoms with Crippen LogP contribution in [0.3, 0.4) is 0 Å². The summed E-state index contributed by atoms with van der Waals surface area (Å²) in [7, 11) is 0. The second-order valence-electron chi connectivity index (χ2n) is 7.46. The van der Waals surface area contributed by atoms with Gasteiger partial charge in [-0.3, -0.25) is 24.1 Å². The van der Waals surface area contributed by atoms with Gasteiger partial charge in [-0.05, 0) is 31.5 Å². The number of pyridine rings is 2. The number of likely N-dealkylation sites (tertiary alicyclic amines) is 1. The first kappa shape index (κ1) is 20.9. The maximum atomic E-state index is 12.8. The number of carbonyl (C=O) groups excluding carboxylic acids is 1. The van der Waals surface area contributed by atoms with Crippen molar-refractivity contribution in [3.63, 3.8) is 0 Å². The van der Waals surface area contributed by atoms with Crippen LogP contribution in [0.5, 0.6) is 5.75 Å². The van der Waals surface area contributed by atoms with E-state index >= 15 is 0 Å². The normalized spacial score (nSPS) is 13.8. The summed E-state index contributed by atoms with van der Waals surface area (Å²) in [6.07, 6.45) is 3.28. The Morgan fingerprint density at radius 2 is 1.97 bits per heavy atom. The minimum Gasteiger partial charge on any atom is -0.341 e. The predicted octanol–water partition coefficient (Wildman–Crippen LogP) is 3.17. The molecule has 3 aromatic rings. The first-order valence-electron chi connectivity index (χ1n) is 9.56. The van der Waals surface area contributed by atoms with Crippen LogP contribution in [0.2, 0.25) is 5.02 Å². The van der Waals surface area contributed by atoms with Gasteiger partial charge in [0.05, 0.1) is 23.0 Å². The first-order chi connectivity index (χ1) is 14.8. The van der Waals surface area contributed by atoms with Crippen LogP contribution in [0, 0.1) is 13.8 Å². The Labute approximate surface area is 182 Å². The van der Waals surface area contributed by atoms with Crippen LogP contribution in [0.25, 0.3) is 17.1 Å². The zero-order valence-electron chi connectivity index (χ0n) is 17.1. The Kier molecular flexibility index (Phi) is 5.45. The van der Waals surface area contributed by atoms with Crippen molar-refractivity contribution >= 4 is 17.5 Å². The van der Waals surface area contributed by atoms with Gasteiger partial charge in [-0.25, -0.2) is 9.97 Å². The van der Waals surface area contributed by atoms with Crippen molar-refractivity contribution < 1.29 is 14.3 Å². The number of halogens is 2. The molecule has 0 radical (unpaired) electrons. The maximum absolute atomic E-state index is 12.8. The molecule has 1 aliphatic rings. The number of rotatable bonds is 4. The van der Waals surface area contributed by atoms with Crippen molar-refractivity contribution in [2.45, 2.75) is 26.7 Å². The minimum atomic E-state index is -0.600. The number of aryl methyl sites for hydroxylation is 2. The summed E-state index contributed by atoms with van der Waals surface area (Å²) in [4.78, 5) is 43.0. The lowest BCUT2D eigenvalue weighted by Crippen LogP contribution is -2.48. The van der Waals surface area contributed by atoms with Gasteiger partial charge < -0.3 is 4.90 Å². The van der Waals surface area contributed by atoms with Crippen molar-refractivity contribution in [1.82, 2.24) is 24.4 Å². The minimum absolute atomic E-state index is 0.0286. The fourth-order valence-corrected chi connectivity index (χ4v) is 3.71. The quantitative estimate of drug-likeness (QED) is 0.615. The molecule has 0 N–H and O–H groups in total. The van der Waals surface area contributed by atoms with Crippen molar-refractivity contribution in [1.29, 1.82) is 0 Å². The molecule has 1 aliphatic heterocycles. The summed E-state index contributed by atoms with van der Waals surface area (Å²) < 4.78 is 14.1. The van der Waals surface area contributed by atoms with E-state index in [0.717, 1.165) is 5.56 Å². The zero-order chi connectivity index (χ0) is 22.3. The molecule has 0 bridgehead atoms. The molecular weight excluding hydrogens is 425 g/mol. The van der Waals surface area contributed by atoms with E-state index in [9.17, 15) is 14.1 Å². The van der Waals surface area contributed by atoms with E-state index in [0.29, 0.717) is 41.7 Å². The molecule has 1 saturated heterocycles. The van der Waals surface area contributed by atoms with Crippen molar-refractivity contribution in [2.24, 2.45) is 0 Å². The number of carbonyl (C=O) groups is 1. The predicted molar refractivity (Wildman–Crippen MR) is 112 cm³/mol. The molecule has 0 unspecified atom stereocenters. The van der Waals surface area contributed by atoms with E-state index in [1.54, 1.807) is 36.4 Å². The number of aromatic nitrogens is 4. The molecule has 0 saturated carbocycles. The summed E-state index contributed by atoms with van der Waals surface area (Å²) in [6.45, 7) is 6.16. The van der Waals surface area contributed by atoms with Crippen LogP contribution >= 0.6 is 11.6 Å². The highest BCUT2D eigenvalue weighted by atomic mass is 35.5. The molecule has 0 aliphatic carbocycles. The molecule has 0 atom stereocenters. The summed E-state index contributed by atoms with van der Waals surface area (Å²) in [5.41, 5.74) is 2.25. The van der Waals surface area contributed by atoms with Crippen molar-refractivity contribution in [3.8, 4) is 22.8 Å². The molecule has 0 spiro atoms. The summed E-state index contributed by atoms with van der Waals surface area (Å²) >= 11 is 5.98. The number of hydrogen-bond donors (Lipinski definition) is 0. The summed E-state index contributed by atoms with van der Waals surface area (Å²) in [5.74, 6) is 0.416. The zero-order valence-corrected chi connectivity index (χ0v) is 17.9. The van der Waals surface area contributed by atoms with Crippen LogP contribution in [0.4, 0.5) is 4.53 Å². The fourth-order valence-electron chi connectivity index (χ4n) is 3.54. The molecule has 10 heteroatoms. The molecule has 160 valence electrons. The van der Waals surface area contributed by atoms with Gasteiger partial charge in [-0.2, -0.15) is 0 Å². The Hall–Kier alpha value is -3.33. The van der Waals surface area contributed by atoms with E-state index in [-0.39, 0.29) is 22.6 Å². The monoisotopic (exact) mass is 443 g/mol. The van der Waals surface area contributed by atoms with Crippen LogP contribution in [0.1, 0.15) is 29.9 Å². The molecule has 31 heavy (non-hydrogen) atoms. The van der Waals surface area contributed by atoms with Crippen LogP contribution < -0.4 is 10.5 Å². The maximum Gasteiger partial charge on any atom is 0.278 e. The van der Waals surface area contributed by atoms with Gasteiger partial charge in [0.2, 0.25) is 5.91 Å². The second kappa shape index (κ2) is 8.07. The van der Waals surface area contributed by atoms with E-state index in [1.165, 1.54) is 17.6 Å². The molecule has 0 aromatic carbocycles. The van der Waals surface area contributed by atoms with E-state index in [2.05, 4.69) is 19.9 Å². The van der Waals surface area contributed by atoms with Gasteiger partial charge in [0, 0.05) is 48.7 Å². The van der Waals surface area contributed by atoms with Gasteiger partial charge >= 0.3 is 0 Å². The number of amides is 1. The lowest BCUT2D eigenvalue weighted by Gasteiger charge is -2.37. The highest BCUT2D eigenvalue weighted by Crippen LogP contribution is 2.28. The highest BCUT2D eigenvalue weighted by Gasteiger charge is 2.32. The fraction of sp³-hybridized carbons (Fsp3) is 0.286. The largest absolute Gasteiger partial charge is 0.341 e. The standard InChI is InChI=1S/C21H19ClFN5O3/c1-11-8-25-16(7-17(11)28-12(2)6-18(31-23)19(22)21(28)30)15-4-5-24-20(26-15)14-9-27(10-14)13(3)29/h4-8,14H,9-10H2,1-3H3. The van der Waals surface area contributed by atoms with Crippen LogP contribution in [0.15, 0.2) is 35.4 Å². The second-order valence-corrected chi connectivity index (χ2v) is 7.84. The number of hydrogen-bond acceptors (Lipinski definition) is 6. The molecule has 4 rings (SSSR count). The first-order valence-corrected chi connectivity index (χ1v) is 9.94. The van der Waals surface area contributed by atoms with Crippen LogP contribution in [-0.4, -0.2) is 43.4 Å². The SMILES string of the molecule is CC(=O)N1CC(c2nccc(-c3cc(-n4c(C)cc(OF)c(Cl)c4=O)c(C)cn3)n2)C1. The third-order valence-electron chi connectivity index (χ3n) is 5.33. The van der Waals surface area contributed by atoms with Gasteiger partial charge in [-0.1, -0.05) is 11.6 Å². The molecule has 3 aromatic heterocycles. The average Bonchev–Trinajstić information content (AvgIpc) is 2.71. The van der Waals surface area contributed by atoms with Gasteiger partial charge in [0.25, 0.3) is 5.56 Å². The van der Waals surface area contributed by atoms with E-state index < -0.39 is 5.56 Å². The number of nitrogens with zero attached hydrogens (tertiary/aromatic N) is 5. The Balaban J connectivity index is 1.74. The van der Waals surface area contributed by atoms with Gasteiger partial charge in [-0.15, -0.1) is 0 Å². The Morgan fingerprint density at radius 1 is 1.23 bits per heavy atom. The smallest absolute Gasteiger partial charge is 0.278 e. The van der Waals surface area contributed by atoms with E-state index in [4.69, 9.17) is 11.6 Å². The van der Waals surface area contributed by atoms with Crippen LogP contribution in [-0.2, 0) is 4.79 Å². The summed E-state index contributed by atoms with van der Waals surface area (Å²) in [6, 6.07) is 4.81. The third-order valence-corrected chi connectivity index (χ3v) is 5.68. The van der Waals surface area contributed by atoms with Crippen molar-refractivity contribution in [2.75, 3.05) is 13.1 Å². The summed E-state index contributed by atoms with van der Waals surface area (Å²) in [5, 5.41) is -0.352. The molecule has 8 nitrogen and oxygen atoms in total.